The number of halogens is 1. The molecule has 0 radical (unpaired) electrons. The van der Waals surface area contributed by atoms with Crippen molar-refractivity contribution in [3.8, 4) is 11.4 Å². The van der Waals surface area contributed by atoms with Gasteiger partial charge in [-0.2, -0.15) is 5.10 Å². The van der Waals surface area contributed by atoms with E-state index in [4.69, 9.17) is 5.21 Å². The van der Waals surface area contributed by atoms with Crippen molar-refractivity contribution in [2.45, 2.75) is 6.54 Å². The third-order valence-corrected chi connectivity index (χ3v) is 3.31. The summed E-state index contributed by atoms with van der Waals surface area (Å²) < 4.78 is 15.3. The van der Waals surface area contributed by atoms with Gasteiger partial charge < -0.3 is 0 Å². The lowest BCUT2D eigenvalue weighted by Gasteiger charge is -2.03. The van der Waals surface area contributed by atoms with Crippen molar-refractivity contribution >= 4 is 5.91 Å². The molecule has 0 saturated heterocycles. The van der Waals surface area contributed by atoms with Crippen molar-refractivity contribution in [1.82, 2.24) is 20.2 Å². The third-order valence-electron chi connectivity index (χ3n) is 3.31. The second-order valence-electron chi connectivity index (χ2n) is 4.88. The number of hydrogen-bond donors (Lipinski definition) is 2. The van der Waals surface area contributed by atoms with E-state index < -0.39 is 5.91 Å². The average Bonchev–Trinajstić information content (AvgIpc) is 3.03. The molecule has 0 spiro atoms. The van der Waals surface area contributed by atoms with Crippen molar-refractivity contribution in [2.24, 2.45) is 0 Å². The predicted octanol–water partition coefficient (Wildman–Crippen LogP) is 2.25. The minimum Gasteiger partial charge on any atom is -0.288 e. The summed E-state index contributed by atoms with van der Waals surface area (Å²) in [5.41, 5.74) is 3.17. The molecule has 0 saturated carbocycles. The summed E-state index contributed by atoms with van der Waals surface area (Å²) in [5, 5.41) is 12.8. The van der Waals surface area contributed by atoms with E-state index in [1.165, 1.54) is 12.4 Å². The zero-order valence-electron chi connectivity index (χ0n) is 12.0. The first kappa shape index (κ1) is 14.9. The summed E-state index contributed by atoms with van der Waals surface area (Å²) in [7, 11) is 0. The van der Waals surface area contributed by atoms with Gasteiger partial charge in [0.25, 0.3) is 5.91 Å². The topological polar surface area (TPSA) is 80.0 Å². The third kappa shape index (κ3) is 3.24. The van der Waals surface area contributed by atoms with E-state index in [9.17, 15) is 9.18 Å². The summed E-state index contributed by atoms with van der Waals surface area (Å²) in [6, 6.07) is 13.0. The SMILES string of the molecule is O=C(NO)c1ccc(Cn2cnc(-c3ccccc3F)n2)cc1. The van der Waals surface area contributed by atoms with Gasteiger partial charge in [0, 0.05) is 5.56 Å². The summed E-state index contributed by atoms with van der Waals surface area (Å²) >= 11 is 0. The monoisotopic (exact) mass is 312 g/mol. The van der Waals surface area contributed by atoms with Crippen LogP contribution >= 0.6 is 0 Å². The lowest BCUT2D eigenvalue weighted by Crippen LogP contribution is -2.18. The normalized spacial score (nSPS) is 10.5. The largest absolute Gasteiger partial charge is 0.288 e. The molecular weight excluding hydrogens is 299 g/mol. The van der Waals surface area contributed by atoms with Crippen LogP contribution in [0.5, 0.6) is 0 Å². The van der Waals surface area contributed by atoms with E-state index >= 15 is 0 Å². The first-order valence-electron chi connectivity index (χ1n) is 6.85. The molecule has 1 amide bonds. The molecule has 1 aromatic heterocycles. The van der Waals surface area contributed by atoms with Crippen molar-refractivity contribution < 1.29 is 14.4 Å². The Morgan fingerprint density at radius 3 is 2.61 bits per heavy atom. The molecule has 0 unspecified atom stereocenters. The van der Waals surface area contributed by atoms with E-state index in [0.29, 0.717) is 23.5 Å². The minimum atomic E-state index is -0.570. The van der Waals surface area contributed by atoms with Crippen LogP contribution in [0.1, 0.15) is 15.9 Å². The Morgan fingerprint density at radius 2 is 1.91 bits per heavy atom. The van der Waals surface area contributed by atoms with Crippen LogP contribution in [0.15, 0.2) is 54.9 Å². The summed E-state index contributed by atoms with van der Waals surface area (Å²) in [5.74, 6) is -0.622. The van der Waals surface area contributed by atoms with Gasteiger partial charge in [-0.05, 0) is 29.8 Å². The molecule has 2 N–H and O–H groups in total. The molecule has 116 valence electrons. The summed E-state index contributed by atoms with van der Waals surface area (Å²) in [6.07, 6.45) is 1.52. The number of hydroxylamine groups is 1. The molecule has 3 aromatic rings. The maximum Gasteiger partial charge on any atom is 0.274 e. The van der Waals surface area contributed by atoms with E-state index in [1.54, 1.807) is 52.6 Å². The molecule has 0 bridgehead atoms. The number of nitrogens with zero attached hydrogens (tertiary/aromatic N) is 3. The zero-order valence-corrected chi connectivity index (χ0v) is 12.0. The number of hydrogen-bond acceptors (Lipinski definition) is 4. The second kappa shape index (κ2) is 6.37. The standard InChI is InChI=1S/C16H13FN4O2/c17-14-4-2-1-3-13(14)15-18-10-21(19-15)9-11-5-7-12(8-6-11)16(22)20-23/h1-8,10,23H,9H2,(H,20,22). The van der Waals surface area contributed by atoms with Crippen molar-refractivity contribution in [1.29, 1.82) is 0 Å². The van der Waals surface area contributed by atoms with E-state index in [-0.39, 0.29) is 5.82 Å². The number of rotatable bonds is 4. The van der Waals surface area contributed by atoms with Crippen molar-refractivity contribution in [2.75, 3.05) is 0 Å². The Balaban J connectivity index is 1.77. The zero-order chi connectivity index (χ0) is 16.2. The second-order valence-corrected chi connectivity index (χ2v) is 4.88. The van der Waals surface area contributed by atoms with Gasteiger partial charge in [0.05, 0.1) is 12.1 Å². The molecule has 0 aliphatic carbocycles. The van der Waals surface area contributed by atoms with Gasteiger partial charge in [-0.1, -0.05) is 24.3 Å². The Hall–Kier alpha value is -3.06. The Labute approximate surface area is 131 Å². The van der Waals surface area contributed by atoms with Crippen LogP contribution in [0.25, 0.3) is 11.4 Å². The fourth-order valence-electron chi connectivity index (χ4n) is 2.15. The molecular formula is C16H13FN4O2. The van der Waals surface area contributed by atoms with Gasteiger partial charge in [0.15, 0.2) is 5.82 Å². The molecule has 3 rings (SSSR count). The number of carbonyl (C=O) groups is 1. The highest BCUT2D eigenvalue weighted by Gasteiger charge is 2.09. The van der Waals surface area contributed by atoms with Gasteiger partial charge in [0.1, 0.15) is 12.1 Å². The molecule has 0 aliphatic heterocycles. The number of nitrogens with one attached hydrogen (secondary N) is 1. The van der Waals surface area contributed by atoms with Gasteiger partial charge in [-0.15, -0.1) is 0 Å². The number of benzene rings is 2. The summed E-state index contributed by atoms with van der Waals surface area (Å²) in [6.45, 7) is 0.433. The highest BCUT2D eigenvalue weighted by atomic mass is 19.1. The lowest BCUT2D eigenvalue weighted by molar-refractivity contribution is 0.0706. The van der Waals surface area contributed by atoms with Crippen molar-refractivity contribution in [3.63, 3.8) is 0 Å². The minimum absolute atomic E-state index is 0.319. The predicted molar refractivity (Wildman–Crippen MR) is 80.2 cm³/mol. The maximum atomic E-state index is 13.7. The van der Waals surface area contributed by atoms with Gasteiger partial charge in [-0.25, -0.2) is 19.5 Å². The van der Waals surface area contributed by atoms with Crippen molar-refractivity contribution in [3.05, 3.63) is 71.8 Å². The summed E-state index contributed by atoms with van der Waals surface area (Å²) in [4.78, 5) is 15.4. The molecule has 0 aliphatic rings. The highest BCUT2D eigenvalue weighted by Crippen LogP contribution is 2.18. The molecule has 0 atom stereocenters. The Morgan fingerprint density at radius 1 is 1.17 bits per heavy atom. The molecule has 0 fully saturated rings. The number of aromatic nitrogens is 3. The quantitative estimate of drug-likeness (QED) is 0.572. The smallest absolute Gasteiger partial charge is 0.274 e. The molecule has 1 heterocycles. The number of amides is 1. The lowest BCUT2D eigenvalue weighted by atomic mass is 10.1. The number of carbonyl (C=O) groups excluding carboxylic acids is 1. The molecule has 7 heteroatoms. The van der Waals surface area contributed by atoms with Gasteiger partial charge in [-0.3, -0.25) is 10.0 Å². The first-order chi connectivity index (χ1) is 11.2. The molecule has 23 heavy (non-hydrogen) atoms. The fraction of sp³-hybridized carbons (Fsp3) is 0.0625. The Kier molecular flexibility index (Phi) is 4.11. The highest BCUT2D eigenvalue weighted by molar-refractivity contribution is 5.93. The first-order valence-corrected chi connectivity index (χ1v) is 6.85. The van der Waals surface area contributed by atoms with Crippen LogP contribution in [0, 0.1) is 5.82 Å². The fourth-order valence-corrected chi connectivity index (χ4v) is 2.15. The maximum absolute atomic E-state index is 13.7. The van der Waals surface area contributed by atoms with Crippen LogP contribution in [0.2, 0.25) is 0 Å². The van der Waals surface area contributed by atoms with Crippen LogP contribution in [0.4, 0.5) is 4.39 Å². The van der Waals surface area contributed by atoms with Crippen LogP contribution in [-0.4, -0.2) is 25.9 Å². The van der Waals surface area contributed by atoms with E-state index in [1.807, 2.05) is 0 Å². The van der Waals surface area contributed by atoms with E-state index in [2.05, 4.69) is 10.1 Å². The van der Waals surface area contributed by atoms with Crippen LogP contribution in [0.3, 0.4) is 0 Å². The van der Waals surface area contributed by atoms with Crippen LogP contribution in [-0.2, 0) is 6.54 Å². The molecule has 2 aromatic carbocycles. The van der Waals surface area contributed by atoms with Gasteiger partial charge >= 0.3 is 0 Å². The Bertz CT molecular complexity index is 830. The molecule has 6 nitrogen and oxygen atoms in total. The average molecular weight is 312 g/mol. The van der Waals surface area contributed by atoms with Crippen LogP contribution < -0.4 is 5.48 Å². The van der Waals surface area contributed by atoms with Gasteiger partial charge in [0.2, 0.25) is 0 Å². The van der Waals surface area contributed by atoms with E-state index in [0.717, 1.165) is 5.56 Å².